The Bertz CT molecular complexity index is 212. The molecule has 11 heavy (non-hydrogen) atoms. The highest BCUT2D eigenvalue weighted by Gasteiger charge is 2.39. The van der Waals surface area contributed by atoms with Crippen molar-refractivity contribution in [3.05, 3.63) is 0 Å². The van der Waals surface area contributed by atoms with Crippen LogP contribution in [-0.2, 0) is 9.53 Å². The van der Waals surface area contributed by atoms with Crippen molar-refractivity contribution in [2.75, 3.05) is 6.61 Å². The molecule has 0 aromatic carbocycles. The normalized spacial score (nSPS) is 21.7. The fraction of sp³-hybridized carbons (Fsp3) is 0.714. The van der Waals surface area contributed by atoms with Gasteiger partial charge in [0, 0.05) is 6.92 Å². The lowest BCUT2D eigenvalue weighted by Gasteiger charge is -2.25. The highest BCUT2D eigenvalue weighted by atomic mass is 32.1. The molecule has 0 atom stereocenters. The van der Waals surface area contributed by atoms with Crippen molar-refractivity contribution in [3.8, 4) is 0 Å². The van der Waals surface area contributed by atoms with Crippen molar-refractivity contribution in [1.29, 1.82) is 0 Å². The molecule has 1 heterocycles. The summed E-state index contributed by atoms with van der Waals surface area (Å²) in [5.41, 5.74) is -0.275. The summed E-state index contributed by atoms with van der Waals surface area (Å²) in [7, 11) is 0. The predicted octanol–water partition coefficient (Wildman–Crippen LogP) is 0.929. The van der Waals surface area contributed by atoms with Crippen molar-refractivity contribution in [3.63, 3.8) is 0 Å². The van der Waals surface area contributed by atoms with Gasteiger partial charge in [-0.2, -0.15) is 0 Å². The molecule has 0 bridgehead atoms. The molecule has 1 amide bonds. The van der Waals surface area contributed by atoms with Gasteiger partial charge < -0.3 is 4.74 Å². The molecule has 4 heteroatoms. The lowest BCUT2D eigenvalue weighted by molar-refractivity contribution is -0.127. The van der Waals surface area contributed by atoms with Crippen molar-refractivity contribution in [2.24, 2.45) is 0 Å². The van der Waals surface area contributed by atoms with E-state index in [0.29, 0.717) is 11.8 Å². The van der Waals surface area contributed by atoms with Crippen molar-refractivity contribution in [1.82, 2.24) is 4.90 Å². The second-order valence-electron chi connectivity index (χ2n) is 3.22. The largest absolute Gasteiger partial charge is 0.468 e. The van der Waals surface area contributed by atoms with Crippen LogP contribution in [0.3, 0.4) is 0 Å². The fourth-order valence-electron chi connectivity index (χ4n) is 1.17. The van der Waals surface area contributed by atoms with E-state index in [1.807, 2.05) is 13.8 Å². The van der Waals surface area contributed by atoms with Crippen LogP contribution >= 0.6 is 12.2 Å². The van der Waals surface area contributed by atoms with E-state index in [0.717, 1.165) is 0 Å². The molecular formula is C7H11NO2S. The monoisotopic (exact) mass is 173 g/mol. The second-order valence-corrected chi connectivity index (χ2v) is 3.57. The minimum Gasteiger partial charge on any atom is -0.468 e. The van der Waals surface area contributed by atoms with Crippen LogP contribution < -0.4 is 0 Å². The topological polar surface area (TPSA) is 29.5 Å². The third-order valence-electron chi connectivity index (χ3n) is 1.65. The van der Waals surface area contributed by atoms with Crippen molar-refractivity contribution < 1.29 is 9.53 Å². The zero-order valence-corrected chi connectivity index (χ0v) is 7.70. The highest BCUT2D eigenvalue weighted by molar-refractivity contribution is 7.80. The lowest BCUT2D eigenvalue weighted by atomic mass is 10.1. The molecule has 1 saturated heterocycles. The molecule has 0 radical (unpaired) electrons. The molecule has 0 spiro atoms. The van der Waals surface area contributed by atoms with Gasteiger partial charge in [0.1, 0.15) is 6.61 Å². The Kier molecular flexibility index (Phi) is 1.88. The van der Waals surface area contributed by atoms with Crippen molar-refractivity contribution >= 4 is 23.3 Å². The average molecular weight is 173 g/mol. The number of carbonyl (C=O) groups is 1. The van der Waals surface area contributed by atoms with Gasteiger partial charge in [-0.1, -0.05) is 0 Å². The Labute approximate surface area is 71.3 Å². The van der Waals surface area contributed by atoms with Gasteiger partial charge in [0.15, 0.2) is 0 Å². The summed E-state index contributed by atoms with van der Waals surface area (Å²) >= 11 is 4.85. The molecule has 1 fully saturated rings. The quantitative estimate of drug-likeness (QED) is 0.510. The van der Waals surface area contributed by atoms with Crippen LogP contribution in [0.4, 0.5) is 0 Å². The van der Waals surface area contributed by atoms with Gasteiger partial charge in [-0.3, -0.25) is 9.69 Å². The maximum absolute atomic E-state index is 11.0. The first-order valence-electron chi connectivity index (χ1n) is 3.43. The number of thiocarbonyl (C=S) groups is 1. The SMILES string of the molecule is CC(=O)N1C(=S)OCC1(C)C. The molecule has 62 valence electrons. The van der Waals surface area contributed by atoms with Crippen LogP contribution in [0.25, 0.3) is 0 Å². The molecule has 1 rings (SSSR count). The zero-order chi connectivity index (χ0) is 8.65. The van der Waals surface area contributed by atoms with Gasteiger partial charge >= 0.3 is 0 Å². The second kappa shape index (κ2) is 2.44. The van der Waals surface area contributed by atoms with E-state index in [9.17, 15) is 4.79 Å². The van der Waals surface area contributed by atoms with Gasteiger partial charge in [0.25, 0.3) is 5.17 Å². The van der Waals surface area contributed by atoms with Gasteiger partial charge in [-0.15, -0.1) is 0 Å². The van der Waals surface area contributed by atoms with Gasteiger partial charge in [0.05, 0.1) is 5.54 Å². The summed E-state index contributed by atoms with van der Waals surface area (Å²) in [5, 5.41) is 0.294. The van der Waals surface area contributed by atoms with Gasteiger partial charge in [-0.25, -0.2) is 0 Å². The first-order chi connectivity index (χ1) is 4.95. The first-order valence-corrected chi connectivity index (χ1v) is 3.83. The Morgan fingerprint density at radius 2 is 2.27 bits per heavy atom. The molecule has 0 aliphatic carbocycles. The maximum Gasteiger partial charge on any atom is 0.266 e. The minimum atomic E-state index is -0.275. The summed E-state index contributed by atoms with van der Waals surface area (Å²) in [6.45, 7) is 5.83. The van der Waals surface area contributed by atoms with E-state index in [4.69, 9.17) is 17.0 Å². The van der Waals surface area contributed by atoms with E-state index in [1.54, 1.807) is 0 Å². The zero-order valence-electron chi connectivity index (χ0n) is 6.88. The number of rotatable bonds is 0. The third kappa shape index (κ3) is 1.35. The van der Waals surface area contributed by atoms with Crippen LogP contribution in [0.2, 0.25) is 0 Å². The first kappa shape index (κ1) is 8.46. The van der Waals surface area contributed by atoms with Gasteiger partial charge in [-0.05, 0) is 26.1 Å². The molecule has 0 unspecified atom stereocenters. The van der Waals surface area contributed by atoms with Gasteiger partial charge in [0.2, 0.25) is 5.91 Å². The predicted molar refractivity (Wildman–Crippen MR) is 45.1 cm³/mol. The summed E-state index contributed by atoms with van der Waals surface area (Å²) in [4.78, 5) is 12.5. The van der Waals surface area contributed by atoms with Crippen LogP contribution in [0.5, 0.6) is 0 Å². The number of nitrogens with zero attached hydrogens (tertiary/aromatic N) is 1. The Balaban J connectivity index is 2.89. The van der Waals surface area contributed by atoms with E-state index in [1.165, 1.54) is 11.8 Å². The maximum atomic E-state index is 11.0. The number of hydrogen-bond acceptors (Lipinski definition) is 3. The fourth-order valence-corrected chi connectivity index (χ4v) is 1.60. The average Bonchev–Trinajstić information content (AvgIpc) is 2.06. The molecular weight excluding hydrogens is 162 g/mol. The Hall–Kier alpha value is -0.640. The summed E-state index contributed by atoms with van der Waals surface area (Å²) in [6.07, 6.45) is 0. The minimum absolute atomic E-state index is 0.0579. The van der Waals surface area contributed by atoms with Crippen LogP contribution in [-0.4, -0.2) is 28.1 Å². The standard InChI is InChI=1S/C7H11NO2S/c1-5(9)8-6(11)10-4-7(8,2)3/h4H2,1-3H3. The summed E-state index contributed by atoms with van der Waals surface area (Å²) < 4.78 is 5.08. The van der Waals surface area contributed by atoms with E-state index < -0.39 is 0 Å². The lowest BCUT2D eigenvalue weighted by Crippen LogP contribution is -2.44. The smallest absolute Gasteiger partial charge is 0.266 e. The molecule has 1 aliphatic heterocycles. The third-order valence-corrected chi connectivity index (χ3v) is 1.95. The van der Waals surface area contributed by atoms with E-state index in [2.05, 4.69) is 0 Å². The number of carbonyl (C=O) groups excluding carboxylic acids is 1. The molecule has 0 N–H and O–H groups in total. The Morgan fingerprint density at radius 3 is 2.45 bits per heavy atom. The van der Waals surface area contributed by atoms with E-state index in [-0.39, 0.29) is 11.4 Å². The molecule has 1 aliphatic rings. The molecule has 3 nitrogen and oxygen atoms in total. The van der Waals surface area contributed by atoms with Crippen LogP contribution in [0, 0.1) is 0 Å². The van der Waals surface area contributed by atoms with Crippen molar-refractivity contribution in [2.45, 2.75) is 26.3 Å². The highest BCUT2D eigenvalue weighted by Crippen LogP contribution is 2.23. The summed E-state index contributed by atoms with van der Waals surface area (Å²) in [6, 6.07) is 0. The number of hydrogen-bond donors (Lipinski definition) is 0. The Morgan fingerprint density at radius 1 is 1.73 bits per heavy atom. The molecule has 0 aromatic heterocycles. The number of amides is 1. The molecule has 0 saturated carbocycles. The van der Waals surface area contributed by atoms with Crippen LogP contribution in [0.15, 0.2) is 0 Å². The van der Waals surface area contributed by atoms with E-state index >= 15 is 0 Å². The number of ether oxygens (including phenoxy) is 1. The van der Waals surface area contributed by atoms with Crippen LogP contribution in [0.1, 0.15) is 20.8 Å². The molecule has 0 aromatic rings. The summed E-state index contributed by atoms with van der Waals surface area (Å²) in [5.74, 6) is -0.0579.